The second-order valence-corrected chi connectivity index (χ2v) is 10.6. The first-order valence-corrected chi connectivity index (χ1v) is 12.2. The van der Waals surface area contributed by atoms with Crippen LogP contribution in [0.3, 0.4) is 0 Å². The van der Waals surface area contributed by atoms with Crippen LogP contribution < -0.4 is 4.74 Å². The predicted molar refractivity (Wildman–Crippen MR) is 129 cm³/mol. The molecular weight excluding hydrogens is 404 g/mol. The second kappa shape index (κ2) is 8.01. The zero-order chi connectivity index (χ0) is 21.4. The Morgan fingerprint density at radius 2 is 1.58 bits per heavy atom. The van der Waals surface area contributed by atoms with Gasteiger partial charge >= 0.3 is 5.97 Å². The number of benzene rings is 3. The first-order valence-electron chi connectivity index (χ1n) is 10.9. The van der Waals surface area contributed by atoms with E-state index < -0.39 is 0 Å². The van der Waals surface area contributed by atoms with Gasteiger partial charge in [0, 0.05) is 33.4 Å². The third kappa shape index (κ3) is 3.70. The van der Waals surface area contributed by atoms with Gasteiger partial charge in [-0.1, -0.05) is 18.6 Å². The molecule has 1 heterocycles. The number of carbonyl (C=O) groups is 1. The van der Waals surface area contributed by atoms with E-state index in [0.29, 0.717) is 5.56 Å². The van der Waals surface area contributed by atoms with Crippen LogP contribution in [-0.2, 0) is 4.74 Å². The highest BCUT2D eigenvalue weighted by Crippen LogP contribution is 2.49. The molecule has 4 aromatic rings. The van der Waals surface area contributed by atoms with Crippen LogP contribution in [0.1, 0.15) is 49.4 Å². The van der Waals surface area contributed by atoms with Crippen LogP contribution in [0.15, 0.2) is 66.7 Å². The Morgan fingerprint density at radius 3 is 2.32 bits per heavy atom. The molecule has 0 N–H and O–H groups in total. The Balaban J connectivity index is 1.57. The Labute approximate surface area is 185 Å². The topological polar surface area (TPSA) is 35.5 Å². The van der Waals surface area contributed by atoms with Crippen LogP contribution in [0.5, 0.6) is 5.75 Å². The maximum atomic E-state index is 12.1. The van der Waals surface area contributed by atoms with Crippen LogP contribution in [0.2, 0.25) is 0 Å². The molecular formula is C27H27O3S+. The maximum Gasteiger partial charge on any atom is 0.337 e. The molecule has 158 valence electrons. The summed E-state index contributed by atoms with van der Waals surface area (Å²) in [6.07, 6.45) is 6.07. The van der Waals surface area contributed by atoms with E-state index >= 15 is 0 Å². The SMILES string of the molecule is COC(=O)c1ccc2c(c1)c1ccccc1[s+]2-c1ccc(OC2(C)CCCCC2)cc1. The monoisotopic (exact) mass is 431 g/mol. The van der Waals surface area contributed by atoms with Gasteiger partial charge in [-0.3, -0.25) is 0 Å². The smallest absolute Gasteiger partial charge is 0.337 e. The van der Waals surface area contributed by atoms with Gasteiger partial charge in [0.15, 0.2) is 14.3 Å². The Hall–Kier alpha value is -2.85. The second-order valence-electron chi connectivity index (χ2n) is 8.59. The van der Waals surface area contributed by atoms with E-state index in [0.717, 1.165) is 24.0 Å². The van der Waals surface area contributed by atoms with Crippen molar-refractivity contribution in [1.29, 1.82) is 0 Å². The van der Waals surface area contributed by atoms with Crippen molar-refractivity contribution >= 4 is 36.6 Å². The lowest BCUT2D eigenvalue weighted by atomic mass is 9.86. The lowest BCUT2D eigenvalue weighted by molar-refractivity contribution is 0.0487. The van der Waals surface area contributed by atoms with E-state index in [2.05, 4.69) is 61.5 Å². The summed E-state index contributed by atoms with van der Waals surface area (Å²) in [5.41, 5.74) is 0.546. The van der Waals surface area contributed by atoms with Gasteiger partial charge in [0.05, 0.1) is 12.7 Å². The molecule has 4 heteroatoms. The fourth-order valence-corrected chi connectivity index (χ4v) is 7.09. The fourth-order valence-electron chi connectivity index (χ4n) is 4.73. The van der Waals surface area contributed by atoms with Crippen molar-refractivity contribution in [3.05, 3.63) is 72.3 Å². The van der Waals surface area contributed by atoms with Crippen molar-refractivity contribution < 1.29 is 14.3 Å². The molecule has 0 amide bonds. The van der Waals surface area contributed by atoms with Gasteiger partial charge in [-0.05, 0) is 75.1 Å². The summed E-state index contributed by atoms with van der Waals surface area (Å²) in [5, 5.41) is 2.32. The summed E-state index contributed by atoms with van der Waals surface area (Å²) in [5.74, 6) is 0.648. The molecule has 3 aromatic carbocycles. The van der Waals surface area contributed by atoms with E-state index in [1.807, 2.05) is 12.1 Å². The van der Waals surface area contributed by atoms with Gasteiger partial charge in [0.1, 0.15) is 11.4 Å². The van der Waals surface area contributed by atoms with Crippen LogP contribution >= 0.6 is 10.5 Å². The molecule has 0 saturated heterocycles. The van der Waals surface area contributed by atoms with E-state index in [1.54, 1.807) is 0 Å². The molecule has 1 aliphatic carbocycles. The average molecular weight is 432 g/mol. The number of methoxy groups -OCH3 is 1. The molecule has 0 radical (unpaired) electrons. The first-order chi connectivity index (χ1) is 15.1. The van der Waals surface area contributed by atoms with Gasteiger partial charge < -0.3 is 9.47 Å². The molecule has 31 heavy (non-hydrogen) atoms. The summed E-state index contributed by atoms with van der Waals surface area (Å²) < 4.78 is 13.9. The number of hydrogen-bond donors (Lipinski definition) is 0. The minimum absolute atomic E-state index is 0.0428. The van der Waals surface area contributed by atoms with Crippen molar-refractivity contribution in [3.63, 3.8) is 0 Å². The summed E-state index contributed by atoms with van der Waals surface area (Å²) >= 11 is 0. The molecule has 1 saturated carbocycles. The summed E-state index contributed by atoms with van der Waals surface area (Å²) in [6, 6.07) is 23.0. The standard InChI is InChI=1S/C27H27O3S/c1-27(16-6-3-7-17-27)30-20-11-13-21(14-12-20)31-24-9-5-4-8-22(24)23-18-19(26(28)29-2)10-15-25(23)31/h4-5,8-15,18H,3,6-7,16-17H2,1-2H3/q+1. The Morgan fingerprint density at radius 1 is 0.871 bits per heavy atom. The van der Waals surface area contributed by atoms with Crippen LogP contribution in [0.4, 0.5) is 0 Å². The van der Waals surface area contributed by atoms with Gasteiger partial charge in [-0.2, -0.15) is 0 Å². The van der Waals surface area contributed by atoms with Crippen LogP contribution in [0, 0.1) is 0 Å². The van der Waals surface area contributed by atoms with Crippen molar-refractivity contribution in [2.24, 2.45) is 0 Å². The Bertz CT molecular complexity index is 1250. The maximum absolute atomic E-state index is 12.1. The number of thiophene rings is 1. The van der Waals surface area contributed by atoms with E-state index in [9.17, 15) is 4.79 Å². The first kappa shape index (κ1) is 20.1. The molecule has 1 atom stereocenters. The molecule has 1 aliphatic rings. The highest BCUT2D eigenvalue weighted by molar-refractivity contribution is 7.50. The molecule has 0 bridgehead atoms. The fraction of sp³-hybridized carbons (Fsp3) is 0.296. The van der Waals surface area contributed by atoms with Crippen molar-refractivity contribution in [2.45, 2.75) is 44.6 Å². The van der Waals surface area contributed by atoms with E-state index in [1.165, 1.54) is 46.1 Å². The predicted octanol–water partition coefficient (Wildman–Crippen LogP) is 7.62. The number of rotatable bonds is 4. The summed E-state index contributed by atoms with van der Waals surface area (Å²) in [6.45, 7) is 2.24. The van der Waals surface area contributed by atoms with Gasteiger partial charge in [0.25, 0.3) is 0 Å². The zero-order valence-electron chi connectivity index (χ0n) is 18.0. The number of hydrogen-bond acceptors (Lipinski definition) is 3. The minimum Gasteiger partial charge on any atom is -0.488 e. The molecule has 5 rings (SSSR count). The molecule has 1 unspecified atom stereocenters. The Kier molecular flexibility index (Phi) is 5.19. The van der Waals surface area contributed by atoms with Gasteiger partial charge in [-0.25, -0.2) is 4.79 Å². The number of carbonyl (C=O) groups excluding carboxylic acids is 1. The largest absolute Gasteiger partial charge is 0.488 e. The third-order valence-corrected chi connectivity index (χ3v) is 8.69. The minimum atomic E-state index is -0.301. The summed E-state index contributed by atoms with van der Waals surface area (Å²) in [4.78, 5) is 13.3. The number of ether oxygens (including phenoxy) is 2. The molecule has 3 nitrogen and oxygen atoms in total. The van der Waals surface area contributed by atoms with Gasteiger partial charge in [-0.15, -0.1) is 0 Å². The zero-order valence-corrected chi connectivity index (χ0v) is 18.8. The lowest BCUT2D eigenvalue weighted by Gasteiger charge is -2.34. The molecule has 1 aromatic heterocycles. The number of esters is 1. The quantitative estimate of drug-likeness (QED) is 0.246. The van der Waals surface area contributed by atoms with Crippen molar-refractivity contribution in [3.8, 4) is 10.6 Å². The van der Waals surface area contributed by atoms with Crippen molar-refractivity contribution in [1.82, 2.24) is 0 Å². The van der Waals surface area contributed by atoms with Crippen LogP contribution in [-0.4, -0.2) is 18.7 Å². The molecule has 1 fully saturated rings. The number of fused-ring (bicyclic) bond motifs is 3. The average Bonchev–Trinajstić information content (AvgIpc) is 3.13. The third-order valence-electron chi connectivity index (χ3n) is 6.35. The summed E-state index contributed by atoms with van der Waals surface area (Å²) in [7, 11) is 1.22. The highest BCUT2D eigenvalue weighted by atomic mass is 32.2. The van der Waals surface area contributed by atoms with Gasteiger partial charge in [0.2, 0.25) is 0 Å². The highest BCUT2D eigenvalue weighted by Gasteiger charge is 2.29. The molecule has 0 aliphatic heterocycles. The molecule has 0 spiro atoms. The van der Waals surface area contributed by atoms with E-state index in [-0.39, 0.29) is 22.0 Å². The normalized spacial score (nSPS) is 16.4. The van der Waals surface area contributed by atoms with Crippen LogP contribution in [0.25, 0.3) is 25.1 Å². The van der Waals surface area contributed by atoms with E-state index in [4.69, 9.17) is 9.47 Å². The lowest BCUT2D eigenvalue weighted by Crippen LogP contribution is -2.34. The van der Waals surface area contributed by atoms with Crippen molar-refractivity contribution in [2.75, 3.05) is 7.11 Å².